The maximum absolute atomic E-state index is 4.19. The van der Waals surface area contributed by atoms with E-state index in [4.69, 9.17) is 0 Å². The molecular formula is C14H22N4S. The van der Waals surface area contributed by atoms with E-state index in [0.29, 0.717) is 0 Å². The minimum absolute atomic E-state index is 0.00672. The zero-order chi connectivity index (χ0) is 14.0. The number of rotatable bonds is 4. The first-order chi connectivity index (χ1) is 8.86. The van der Waals surface area contributed by atoms with Gasteiger partial charge in [0.1, 0.15) is 0 Å². The maximum atomic E-state index is 4.19. The molecular weight excluding hydrogens is 256 g/mol. The van der Waals surface area contributed by atoms with E-state index in [1.807, 2.05) is 22.2 Å². The van der Waals surface area contributed by atoms with E-state index in [-0.39, 0.29) is 5.54 Å². The Bertz CT molecular complexity index is 529. The molecule has 104 valence electrons. The average molecular weight is 278 g/mol. The number of nitrogens with one attached hydrogen (secondary N) is 1. The van der Waals surface area contributed by atoms with Crippen LogP contribution in [0.4, 0.5) is 0 Å². The molecule has 0 saturated heterocycles. The van der Waals surface area contributed by atoms with Crippen LogP contribution in [0.25, 0.3) is 0 Å². The summed E-state index contributed by atoms with van der Waals surface area (Å²) in [5.41, 5.74) is 2.35. The second-order valence-corrected chi connectivity index (χ2v) is 7.22. The third kappa shape index (κ3) is 3.64. The van der Waals surface area contributed by atoms with E-state index >= 15 is 0 Å². The number of aromatic nitrogens is 3. The van der Waals surface area contributed by atoms with Crippen LogP contribution in [-0.4, -0.2) is 15.0 Å². The quantitative estimate of drug-likeness (QED) is 0.935. The Labute approximate surface area is 118 Å². The molecule has 0 saturated carbocycles. The van der Waals surface area contributed by atoms with Crippen molar-refractivity contribution < 1.29 is 0 Å². The van der Waals surface area contributed by atoms with E-state index in [1.165, 1.54) is 15.3 Å². The van der Waals surface area contributed by atoms with Gasteiger partial charge in [-0.1, -0.05) is 5.21 Å². The van der Waals surface area contributed by atoms with Gasteiger partial charge in [-0.15, -0.1) is 16.4 Å². The van der Waals surface area contributed by atoms with Gasteiger partial charge in [-0.25, -0.2) is 4.68 Å². The highest BCUT2D eigenvalue weighted by Crippen LogP contribution is 2.20. The lowest BCUT2D eigenvalue weighted by molar-refractivity contribution is 0.347. The second-order valence-electron chi connectivity index (χ2n) is 5.88. The van der Waals surface area contributed by atoms with Crippen molar-refractivity contribution in [2.24, 2.45) is 0 Å². The Hall–Kier alpha value is -1.20. The smallest absolute Gasteiger partial charge is 0.0965 e. The van der Waals surface area contributed by atoms with Crippen molar-refractivity contribution >= 4 is 11.3 Å². The lowest BCUT2D eigenvalue weighted by atomic mass is 10.1. The van der Waals surface area contributed by atoms with Crippen LogP contribution >= 0.6 is 11.3 Å². The summed E-state index contributed by atoms with van der Waals surface area (Å²) in [5.74, 6) is 0. The van der Waals surface area contributed by atoms with Crippen LogP contribution in [0, 0.1) is 13.8 Å². The molecule has 0 aliphatic carbocycles. The van der Waals surface area contributed by atoms with Crippen molar-refractivity contribution in [1.29, 1.82) is 0 Å². The molecule has 0 atom stereocenters. The molecule has 0 radical (unpaired) electrons. The third-order valence-corrected chi connectivity index (χ3v) is 4.20. The van der Waals surface area contributed by atoms with E-state index < -0.39 is 0 Å². The van der Waals surface area contributed by atoms with Crippen molar-refractivity contribution in [1.82, 2.24) is 20.3 Å². The van der Waals surface area contributed by atoms with E-state index in [2.05, 4.69) is 56.3 Å². The fraction of sp³-hybridized carbons (Fsp3) is 0.571. The molecule has 0 fully saturated rings. The monoisotopic (exact) mass is 278 g/mol. The Kier molecular flexibility index (Phi) is 4.06. The predicted molar refractivity (Wildman–Crippen MR) is 79.4 cm³/mol. The number of hydrogen-bond donors (Lipinski definition) is 1. The van der Waals surface area contributed by atoms with Gasteiger partial charge in [0.2, 0.25) is 0 Å². The maximum Gasteiger partial charge on any atom is 0.0965 e. The summed E-state index contributed by atoms with van der Waals surface area (Å²) < 4.78 is 1.91. The molecule has 0 aliphatic heterocycles. The summed E-state index contributed by atoms with van der Waals surface area (Å²) in [6, 6.07) is 2.25. The SMILES string of the molecule is Cc1cc(CNCc2cn(C(C)(C)C)nn2)sc1C. The van der Waals surface area contributed by atoms with Gasteiger partial charge in [-0.2, -0.15) is 0 Å². The van der Waals surface area contributed by atoms with Gasteiger partial charge in [0.05, 0.1) is 17.4 Å². The molecule has 0 amide bonds. The molecule has 0 aliphatic rings. The summed E-state index contributed by atoms with van der Waals surface area (Å²) in [4.78, 5) is 2.77. The van der Waals surface area contributed by atoms with Gasteiger partial charge in [0.25, 0.3) is 0 Å². The highest BCUT2D eigenvalue weighted by Gasteiger charge is 2.14. The summed E-state index contributed by atoms with van der Waals surface area (Å²) in [5, 5.41) is 11.8. The van der Waals surface area contributed by atoms with E-state index in [1.54, 1.807) is 0 Å². The lowest BCUT2D eigenvalue weighted by Crippen LogP contribution is -2.22. The van der Waals surface area contributed by atoms with Crippen molar-refractivity contribution in [3.05, 3.63) is 33.3 Å². The Morgan fingerprint density at radius 2 is 2.00 bits per heavy atom. The Balaban J connectivity index is 1.87. The van der Waals surface area contributed by atoms with Gasteiger partial charge < -0.3 is 5.32 Å². The van der Waals surface area contributed by atoms with Crippen molar-refractivity contribution in [3.8, 4) is 0 Å². The number of nitrogens with zero attached hydrogens (tertiary/aromatic N) is 3. The minimum Gasteiger partial charge on any atom is -0.306 e. The molecule has 0 spiro atoms. The molecule has 5 heteroatoms. The number of thiophene rings is 1. The van der Waals surface area contributed by atoms with Crippen molar-refractivity contribution in [3.63, 3.8) is 0 Å². The van der Waals surface area contributed by atoms with Crippen LogP contribution in [0.2, 0.25) is 0 Å². The van der Waals surface area contributed by atoms with E-state index in [0.717, 1.165) is 18.8 Å². The van der Waals surface area contributed by atoms with Gasteiger partial charge in [0, 0.05) is 22.8 Å². The first-order valence-corrected chi connectivity index (χ1v) is 7.36. The standard InChI is InChI=1S/C14H22N4S/c1-10-6-13(19-11(10)2)8-15-7-12-9-18(17-16-12)14(3,4)5/h6,9,15H,7-8H2,1-5H3. The highest BCUT2D eigenvalue weighted by atomic mass is 32.1. The Morgan fingerprint density at radius 3 is 2.53 bits per heavy atom. The predicted octanol–water partition coefficient (Wildman–Crippen LogP) is 3.00. The summed E-state index contributed by atoms with van der Waals surface area (Å²) in [6.07, 6.45) is 2.01. The van der Waals surface area contributed by atoms with Crippen LogP contribution in [0.15, 0.2) is 12.3 Å². The van der Waals surface area contributed by atoms with Crippen LogP contribution in [0.3, 0.4) is 0 Å². The summed E-state index contributed by atoms with van der Waals surface area (Å²) >= 11 is 1.86. The van der Waals surface area contributed by atoms with Crippen molar-refractivity contribution in [2.75, 3.05) is 0 Å². The third-order valence-electron chi connectivity index (χ3n) is 3.05. The van der Waals surface area contributed by atoms with Gasteiger partial charge in [-0.3, -0.25) is 0 Å². The summed E-state index contributed by atoms with van der Waals surface area (Å²) in [6.45, 7) is 12.3. The molecule has 2 aromatic rings. The average Bonchev–Trinajstić information content (AvgIpc) is 2.87. The highest BCUT2D eigenvalue weighted by molar-refractivity contribution is 7.12. The Morgan fingerprint density at radius 1 is 1.26 bits per heavy atom. The molecule has 2 heterocycles. The zero-order valence-electron chi connectivity index (χ0n) is 12.3. The first kappa shape index (κ1) is 14.2. The molecule has 0 bridgehead atoms. The van der Waals surface area contributed by atoms with Crippen LogP contribution in [-0.2, 0) is 18.6 Å². The van der Waals surface area contributed by atoms with Crippen LogP contribution in [0.5, 0.6) is 0 Å². The first-order valence-electron chi connectivity index (χ1n) is 6.54. The molecule has 0 aromatic carbocycles. The van der Waals surface area contributed by atoms with Gasteiger partial charge in [0.15, 0.2) is 0 Å². The second kappa shape index (κ2) is 5.43. The fourth-order valence-electron chi connectivity index (χ4n) is 1.76. The molecule has 4 nitrogen and oxygen atoms in total. The normalized spacial score (nSPS) is 12.1. The molecule has 19 heavy (non-hydrogen) atoms. The minimum atomic E-state index is -0.00672. The zero-order valence-corrected chi connectivity index (χ0v) is 13.1. The van der Waals surface area contributed by atoms with Gasteiger partial charge >= 0.3 is 0 Å². The molecule has 2 aromatic heterocycles. The van der Waals surface area contributed by atoms with E-state index in [9.17, 15) is 0 Å². The van der Waals surface area contributed by atoms with Crippen LogP contribution in [0.1, 0.15) is 41.8 Å². The molecule has 0 unspecified atom stereocenters. The summed E-state index contributed by atoms with van der Waals surface area (Å²) in [7, 11) is 0. The number of hydrogen-bond acceptors (Lipinski definition) is 4. The number of aryl methyl sites for hydroxylation is 2. The molecule has 1 N–H and O–H groups in total. The largest absolute Gasteiger partial charge is 0.306 e. The lowest BCUT2D eigenvalue weighted by Gasteiger charge is -2.17. The topological polar surface area (TPSA) is 42.7 Å². The van der Waals surface area contributed by atoms with Crippen molar-refractivity contribution in [2.45, 2.75) is 53.2 Å². The molecule has 2 rings (SSSR count). The fourth-order valence-corrected chi connectivity index (χ4v) is 2.78. The van der Waals surface area contributed by atoms with Gasteiger partial charge in [-0.05, 0) is 46.2 Å². The van der Waals surface area contributed by atoms with Crippen LogP contribution < -0.4 is 5.32 Å².